The van der Waals surface area contributed by atoms with Crippen molar-refractivity contribution in [3.8, 4) is 5.75 Å². The maximum atomic E-state index is 5.63. The van der Waals surface area contributed by atoms with Crippen LogP contribution < -0.4 is 16.0 Å². The summed E-state index contributed by atoms with van der Waals surface area (Å²) in [7, 11) is 3.40. The largest absolute Gasteiger partial charge is 0.496 e. The summed E-state index contributed by atoms with van der Waals surface area (Å²) in [6, 6.07) is 6.24. The SMILES string of the molecule is CCC(OC)C(Cc1cc(C)ccc1OC)NN. The smallest absolute Gasteiger partial charge is 0.122 e. The molecule has 0 aliphatic rings. The molecule has 0 aliphatic carbocycles. The number of nitrogens with one attached hydrogen (secondary N) is 1. The fraction of sp³-hybridized carbons (Fsp3) is 0.571. The van der Waals surface area contributed by atoms with Crippen molar-refractivity contribution in [3.63, 3.8) is 0 Å². The van der Waals surface area contributed by atoms with Crippen LogP contribution in [-0.4, -0.2) is 26.4 Å². The first-order chi connectivity index (χ1) is 8.65. The van der Waals surface area contributed by atoms with Gasteiger partial charge in [-0.3, -0.25) is 11.3 Å². The summed E-state index contributed by atoms with van der Waals surface area (Å²) < 4.78 is 10.8. The number of hydrazine groups is 1. The minimum absolute atomic E-state index is 0.0794. The predicted molar refractivity (Wildman–Crippen MR) is 73.6 cm³/mol. The Labute approximate surface area is 109 Å². The van der Waals surface area contributed by atoms with E-state index < -0.39 is 0 Å². The second-order valence-electron chi connectivity index (χ2n) is 4.47. The van der Waals surface area contributed by atoms with E-state index in [9.17, 15) is 0 Å². The molecule has 0 fully saturated rings. The zero-order valence-electron chi connectivity index (χ0n) is 11.7. The highest BCUT2D eigenvalue weighted by Crippen LogP contribution is 2.22. The van der Waals surface area contributed by atoms with Crippen LogP contribution in [0.25, 0.3) is 0 Å². The van der Waals surface area contributed by atoms with Gasteiger partial charge in [-0.25, -0.2) is 0 Å². The van der Waals surface area contributed by atoms with Crippen molar-refractivity contribution in [2.75, 3.05) is 14.2 Å². The van der Waals surface area contributed by atoms with Crippen molar-refractivity contribution in [2.24, 2.45) is 5.84 Å². The van der Waals surface area contributed by atoms with E-state index in [1.165, 1.54) is 5.56 Å². The van der Waals surface area contributed by atoms with Gasteiger partial charge in [0, 0.05) is 7.11 Å². The van der Waals surface area contributed by atoms with E-state index in [-0.39, 0.29) is 12.1 Å². The van der Waals surface area contributed by atoms with E-state index in [4.69, 9.17) is 15.3 Å². The molecule has 0 bridgehead atoms. The molecule has 2 unspecified atom stereocenters. The van der Waals surface area contributed by atoms with Crippen molar-refractivity contribution in [3.05, 3.63) is 29.3 Å². The highest BCUT2D eigenvalue weighted by Gasteiger charge is 2.20. The molecule has 0 heterocycles. The number of aryl methyl sites for hydroxylation is 1. The molecule has 0 amide bonds. The lowest BCUT2D eigenvalue weighted by Crippen LogP contribution is -2.46. The number of methoxy groups -OCH3 is 2. The van der Waals surface area contributed by atoms with Crippen LogP contribution in [0.4, 0.5) is 0 Å². The summed E-state index contributed by atoms with van der Waals surface area (Å²) in [5.74, 6) is 6.53. The molecule has 0 saturated carbocycles. The molecule has 3 N–H and O–H groups in total. The zero-order chi connectivity index (χ0) is 13.5. The second kappa shape index (κ2) is 7.36. The topological polar surface area (TPSA) is 56.5 Å². The van der Waals surface area contributed by atoms with Crippen molar-refractivity contribution in [1.29, 1.82) is 0 Å². The maximum absolute atomic E-state index is 5.63. The Balaban J connectivity index is 2.89. The minimum Gasteiger partial charge on any atom is -0.496 e. The predicted octanol–water partition coefficient (Wildman–Crippen LogP) is 1.80. The number of nitrogens with two attached hydrogens (primary N) is 1. The van der Waals surface area contributed by atoms with Gasteiger partial charge in [-0.15, -0.1) is 0 Å². The quantitative estimate of drug-likeness (QED) is 0.574. The molecule has 102 valence electrons. The van der Waals surface area contributed by atoms with Crippen LogP contribution in [0.3, 0.4) is 0 Å². The lowest BCUT2D eigenvalue weighted by atomic mass is 9.98. The van der Waals surface area contributed by atoms with Crippen LogP contribution in [0.2, 0.25) is 0 Å². The van der Waals surface area contributed by atoms with E-state index >= 15 is 0 Å². The van der Waals surface area contributed by atoms with Crippen molar-refractivity contribution < 1.29 is 9.47 Å². The van der Waals surface area contributed by atoms with Gasteiger partial charge in [0.1, 0.15) is 5.75 Å². The lowest BCUT2D eigenvalue weighted by molar-refractivity contribution is 0.0652. The normalized spacial score (nSPS) is 14.3. The summed E-state index contributed by atoms with van der Waals surface area (Å²) >= 11 is 0. The summed E-state index contributed by atoms with van der Waals surface area (Å²) in [5.41, 5.74) is 5.21. The lowest BCUT2D eigenvalue weighted by Gasteiger charge is -2.25. The highest BCUT2D eigenvalue weighted by atomic mass is 16.5. The van der Waals surface area contributed by atoms with E-state index in [1.807, 2.05) is 12.1 Å². The highest BCUT2D eigenvalue weighted by molar-refractivity contribution is 5.37. The van der Waals surface area contributed by atoms with Gasteiger partial charge in [0.15, 0.2) is 0 Å². The Morgan fingerprint density at radius 3 is 2.56 bits per heavy atom. The molecule has 0 radical (unpaired) electrons. The minimum atomic E-state index is 0.0794. The Morgan fingerprint density at radius 2 is 2.06 bits per heavy atom. The van der Waals surface area contributed by atoms with Crippen LogP contribution in [0.5, 0.6) is 5.75 Å². The average molecular weight is 252 g/mol. The van der Waals surface area contributed by atoms with Gasteiger partial charge in [-0.1, -0.05) is 24.6 Å². The van der Waals surface area contributed by atoms with Crippen LogP contribution in [0, 0.1) is 6.92 Å². The molecule has 0 saturated heterocycles. The van der Waals surface area contributed by atoms with Crippen molar-refractivity contribution in [2.45, 2.75) is 38.8 Å². The maximum Gasteiger partial charge on any atom is 0.122 e. The number of ether oxygens (including phenoxy) is 2. The van der Waals surface area contributed by atoms with Crippen molar-refractivity contribution in [1.82, 2.24) is 5.43 Å². The summed E-state index contributed by atoms with van der Waals surface area (Å²) in [4.78, 5) is 0. The first-order valence-corrected chi connectivity index (χ1v) is 6.28. The number of benzene rings is 1. The molecular weight excluding hydrogens is 228 g/mol. The summed E-state index contributed by atoms with van der Waals surface area (Å²) in [6.07, 6.45) is 1.80. The average Bonchev–Trinajstić information content (AvgIpc) is 2.39. The molecule has 0 spiro atoms. The van der Waals surface area contributed by atoms with Gasteiger partial charge in [-0.2, -0.15) is 0 Å². The van der Waals surface area contributed by atoms with E-state index in [0.717, 1.165) is 24.2 Å². The van der Waals surface area contributed by atoms with Gasteiger partial charge in [0.2, 0.25) is 0 Å². The Bertz CT molecular complexity index is 365. The standard InChI is InChI=1S/C14H24N2O2/c1-5-13(17-3)12(16-15)9-11-8-10(2)6-7-14(11)18-4/h6-8,12-13,16H,5,9,15H2,1-4H3. The first kappa shape index (κ1) is 15.0. The van der Waals surface area contributed by atoms with Crippen LogP contribution >= 0.6 is 0 Å². The Morgan fingerprint density at radius 1 is 1.33 bits per heavy atom. The molecule has 1 aromatic carbocycles. The third-order valence-electron chi connectivity index (χ3n) is 3.24. The van der Waals surface area contributed by atoms with Crippen LogP contribution in [0.1, 0.15) is 24.5 Å². The van der Waals surface area contributed by atoms with Gasteiger partial charge in [0.25, 0.3) is 0 Å². The molecule has 1 rings (SSSR count). The Hall–Kier alpha value is -1.10. The Kier molecular flexibility index (Phi) is 6.12. The van der Waals surface area contributed by atoms with Crippen LogP contribution in [-0.2, 0) is 11.2 Å². The number of hydrogen-bond acceptors (Lipinski definition) is 4. The van der Waals surface area contributed by atoms with Crippen LogP contribution in [0.15, 0.2) is 18.2 Å². The van der Waals surface area contributed by atoms with E-state index in [0.29, 0.717) is 0 Å². The summed E-state index contributed by atoms with van der Waals surface area (Å²) in [5, 5.41) is 0. The molecule has 4 nitrogen and oxygen atoms in total. The first-order valence-electron chi connectivity index (χ1n) is 6.28. The van der Waals surface area contributed by atoms with Gasteiger partial charge in [-0.05, 0) is 31.4 Å². The molecule has 1 aromatic rings. The third-order valence-corrected chi connectivity index (χ3v) is 3.24. The third kappa shape index (κ3) is 3.70. The fourth-order valence-electron chi connectivity index (χ4n) is 2.22. The monoisotopic (exact) mass is 252 g/mol. The molecule has 0 aromatic heterocycles. The van der Waals surface area contributed by atoms with E-state index in [1.54, 1.807) is 14.2 Å². The molecule has 0 aliphatic heterocycles. The number of rotatable bonds is 7. The molecule has 18 heavy (non-hydrogen) atoms. The van der Waals surface area contributed by atoms with Gasteiger partial charge in [0.05, 0.1) is 19.3 Å². The molecule has 4 heteroatoms. The zero-order valence-corrected chi connectivity index (χ0v) is 11.7. The molecule has 2 atom stereocenters. The molecular formula is C14H24N2O2. The van der Waals surface area contributed by atoms with Crippen molar-refractivity contribution >= 4 is 0 Å². The number of hydrogen-bond donors (Lipinski definition) is 2. The van der Waals surface area contributed by atoms with E-state index in [2.05, 4.69) is 25.3 Å². The second-order valence-corrected chi connectivity index (χ2v) is 4.47. The summed E-state index contributed by atoms with van der Waals surface area (Å²) in [6.45, 7) is 4.16. The van der Waals surface area contributed by atoms with Gasteiger partial charge < -0.3 is 9.47 Å². The fourth-order valence-corrected chi connectivity index (χ4v) is 2.22. The van der Waals surface area contributed by atoms with Gasteiger partial charge >= 0.3 is 0 Å².